The van der Waals surface area contributed by atoms with E-state index in [1.807, 2.05) is 0 Å². The van der Waals surface area contributed by atoms with Crippen LogP contribution in [0.5, 0.6) is 0 Å². The molecule has 2 aromatic rings. The number of fused-ring (bicyclic) bond motifs is 1. The highest BCUT2D eigenvalue weighted by atomic mass is 19.2. The number of nitrogen functional groups attached to an aromatic ring is 1. The maximum atomic E-state index is 13.1. The van der Waals surface area contributed by atoms with Crippen molar-refractivity contribution in [3.63, 3.8) is 0 Å². The lowest BCUT2D eigenvalue weighted by Gasteiger charge is -2.00. The lowest BCUT2D eigenvalue weighted by Crippen LogP contribution is -1.93. The molecule has 2 nitrogen and oxygen atoms in total. The number of halogens is 2. The van der Waals surface area contributed by atoms with Gasteiger partial charge in [-0.05, 0) is 24.3 Å². The summed E-state index contributed by atoms with van der Waals surface area (Å²) in [6.07, 6.45) is 0. The Labute approximate surface area is 73.0 Å². The molecule has 2 N–H and O–H groups in total. The summed E-state index contributed by atoms with van der Waals surface area (Å²) in [4.78, 5) is 3.70. The summed E-state index contributed by atoms with van der Waals surface area (Å²) in [5.74, 6) is -1.69. The first-order chi connectivity index (χ1) is 6.18. The van der Waals surface area contributed by atoms with E-state index < -0.39 is 11.6 Å². The fourth-order valence-electron chi connectivity index (χ4n) is 1.14. The van der Waals surface area contributed by atoms with Crippen LogP contribution in [-0.2, 0) is 0 Å². The van der Waals surface area contributed by atoms with Crippen molar-refractivity contribution in [3.8, 4) is 0 Å². The monoisotopic (exact) mass is 180 g/mol. The summed E-state index contributed by atoms with van der Waals surface area (Å²) in [6, 6.07) is 5.66. The van der Waals surface area contributed by atoms with Gasteiger partial charge in [-0.2, -0.15) is 0 Å². The van der Waals surface area contributed by atoms with Crippen molar-refractivity contribution in [2.24, 2.45) is 0 Å². The van der Waals surface area contributed by atoms with Crippen LogP contribution in [0.2, 0.25) is 0 Å². The van der Waals surface area contributed by atoms with Gasteiger partial charge < -0.3 is 5.73 Å². The van der Waals surface area contributed by atoms with Crippen molar-refractivity contribution in [1.29, 1.82) is 0 Å². The topological polar surface area (TPSA) is 38.9 Å². The summed E-state index contributed by atoms with van der Waals surface area (Å²) in [5, 5.41) is 0.535. The number of hydrogen-bond acceptors (Lipinski definition) is 2. The van der Waals surface area contributed by atoms with Crippen molar-refractivity contribution in [3.05, 3.63) is 35.9 Å². The fourth-order valence-corrected chi connectivity index (χ4v) is 1.14. The molecule has 0 unspecified atom stereocenters. The van der Waals surface area contributed by atoms with E-state index in [0.29, 0.717) is 5.39 Å². The Kier molecular flexibility index (Phi) is 1.62. The predicted molar refractivity (Wildman–Crippen MR) is 46.1 cm³/mol. The highest BCUT2D eigenvalue weighted by Crippen LogP contribution is 2.19. The van der Waals surface area contributed by atoms with Crippen molar-refractivity contribution in [2.75, 3.05) is 5.73 Å². The van der Waals surface area contributed by atoms with Crippen LogP contribution in [0.1, 0.15) is 0 Å². The Morgan fingerprint density at radius 3 is 2.54 bits per heavy atom. The van der Waals surface area contributed by atoms with Crippen molar-refractivity contribution in [1.82, 2.24) is 4.98 Å². The molecule has 0 bridgehead atoms. The molecule has 0 spiro atoms. The molecule has 1 aromatic heterocycles. The average molecular weight is 180 g/mol. The molecule has 0 fully saturated rings. The molecule has 0 saturated heterocycles. The third-order valence-electron chi connectivity index (χ3n) is 1.77. The number of nitrogens with two attached hydrogens (primary N) is 1. The first-order valence-electron chi connectivity index (χ1n) is 3.69. The van der Waals surface area contributed by atoms with Crippen LogP contribution in [0.4, 0.5) is 14.6 Å². The van der Waals surface area contributed by atoms with Crippen LogP contribution in [0.3, 0.4) is 0 Å². The van der Waals surface area contributed by atoms with E-state index in [9.17, 15) is 8.78 Å². The van der Waals surface area contributed by atoms with E-state index in [2.05, 4.69) is 4.98 Å². The Hall–Kier alpha value is -1.71. The number of pyridine rings is 1. The molecule has 2 rings (SSSR count). The molecule has 0 atom stereocenters. The van der Waals surface area contributed by atoms with Crippen LogP contribution in [0.15, 0.2) is 24.3 Å². The number of rotatable bonds is 0. The van der Waals surface area contributed by atoms with Gasteiger partial charge in [-0.3, -0.25) is 0 Å². The van der Waals surface area contributed by atoms with Gasteiger partial charge in [0.25, 0.3) is 0 Å². The molecule has 4 heteroatoms. The van der Waals surface area contributed by atoms with Crippen molar-refractivity contribution < 1.29 is 8.78 Å². The minimum atomic E-state index is -0.954. The lowest BCUT2D eigenvalue weighted by atomic mass is 10.2. The van der Waals surface area contributed by atoms with Crippen LogP contribution >= 0.6 is 0 Å². The van der Waals surface area contributed by atoms with E-state index >= 15 is 0 Å². The molecule has 0 saturated carbocycles. The largest absolute Gasteiger partial charge is 0.384 e. The van der Waals surface area contributed by atoms with Gasteiger partial charge >= 0.3 is 0 Å². The van der Waals surface area contributed by atoms with Gasteiger partial charge in [0.05, 0.1) is 0 Å². The third-order valence-corrected chi connectivity index (χ3v) is 1.77. The highest BCUT2D eigenvalue weighted by molar-refractivity contribution is 5.80. The minimum Gasteiger partial charge on any atom is -0.384 e. The van der Waals surface area contributed by atoms with Gasteiger partial charge in [0.1, 0.15) is 11.3 Å². The molecule has 66 valence electrons. The van der Waals surface area contributed by atoms with E-state index in [0.717, 1.165) is 6.07 Å². The lowest BCUT2D eigenvalue weighted by molar-refractivity contribution is 0.515. The number of benzene rings is 1. The Bertz CT molecular complexity index is 463. The standard InChI is InChI=1S/C9H6F2N2/c10-6-3-1-5-2-4-7(12)13-9(5)8(6)11/h1-4H,(H2,12,13). The quantitative estimate of drug-likeness (QED) is 0.674. The van der Waals surface area contributed by atoms with E-state index in [1.54, 1.807) is 12.1 Å². The minimum absolute atomic E-state index is 0.0278. The average Bonchev–Trinajstić information content (AvgIpc) is 2.12. The molecule has 0 aliphatic rings. The summed E-state index contributed by atoms with van der Waals surface area (Å²) in [6.45, 7) is 0. The molecule has 1 heterocycles. The van der Waals surface area contributed by atoms with E-state index in [1.165, 1.54) is 6.07 Å². The third kappa shape index (κ3) is 1.20. The molecular formula is C9H6F2N2. The summed E-state index contributed by atoms with van der Waals surface area (Å²) >= 11 is 0. The van der Waals surface area contributed by atoms with Gasteiger partial charge in [-0.1, -0.05) is 0 Å². The second kappa shape index (κ2) is 2.65. The van der Waals surface area contributed by atoms with Gasteiger partial charge in [0.15, 0.2) is 11.6 Å². The maximum Gasteiger partial charge on any atom is 0.185 e. The SMILES string of the molecule is Nc1ccc2ccc(F)c(F)c2n1. The van der Waals surface area contributed by atoms with Crippen LogP contribution < -0.4 is 5.73 Å². The second-order valence-corrected chi connectivity index (χ2v) is 2.67. The molecule has 1 aromatic carbocycles. The molecule has 0 amide bonds. The zero-order valence-corrected chi connectivity index (χ0v) is 6.59. The van der Waals surface area contributed by atoms with Gasteiger partial charge in [0.2, 0.25) is 0 Å². The maximum absolute atomic E-state index is 13.1. The smallest absolute Gasteiger partial charge is 0.185 e. The molecule has 0 radical (unpaired) electrons. The van der Waals surface area contributed by atoms with Gasteiger partial charge in [-0.15, -0.1) is 0 Å². The zero-order valence-electron chi connectivity index (χ0n) is 6.59. The van der Waals surface area contributed by atoms with Crippen LogP contribution in [0.25, 0.3) is 10.9 Å². The van der Waals surface area contributed by atoms with Crippen LogP contribution in [0, 0.1) is 11.6 Å². The van der Waals surface area contributed by atoms with Crippen molar-refractivity contribution >= 4 is 16.7 Å². The molecule has 13 heavy (non-hydrogen) atoms. The Morgan fingerprint density at radius 2 is 1.77 bits per heavy atom. The molecule has 0 aliphatic heterocycles. The highest BCUT2D eigenvalue weighted by Gasteiger charge is 2.07. The van der Waals surface area contributed by atoms with Gasteiger partial charge in [0, 0.05) is 5.39 Å². The van der Waals surface area contributed by atoms with Crippen LogP contribution in [-0.4, -0.2) is 4.98 Å². The summed E-state index contributed by atoms with van der Waals surface area (Å²) in [5.41, 5.74) is 5.31. The Morgan fingerprint density at radius 1 is 1.08 bits per heavy atom. The number of anilines is 1. The first-order valence-corrected chi connectivity index (χ1v) is 3.69. The number of nitrogens with zero attached hydrogens (tertiary/aromatic N) is 1. The first kappa shape index (κ1) is 7.91. The van der Waals surface area contributed by atoms with E-state index in [4.69, 9.17) is 5.73 Å². The summed E-state index contributed by atoms with van der Waals surface area (Å²) in [7, 11) is 0. The normalized spacial score (nSPS) is 10.6. The zero-order chi connectivity index (χ0) is 9.42. The Balaban J connectivity index is 2.89. The fraction of sp³-hybridized carbons (Fsp3) is 0. The predicted octanol–water partition coefficient (Wildman–Crippen LogP) is 2.10. The van der Waals surface area contributed by atoms with Gasteiger partial charge in [-0.25, -0.2) is 13.8 Å². The number of aromatic nitrogens is 1. The van der Waals surface area contributed by atoms with E-state index in [-0.39, 0.29) is 11.3 Å². The molecular weight excluding hydrogens is 174 g/mol. The van der Waals surface area contributed by atoms with Crippen molar-refractivity contribution in [2.45, 2.75) is 0 Å². The second-order valence-electron chi connectivity index (χ2n) is 2.67. The summed E-state index contributed by atoms with van der Waals surface area (Å²) < 4.78 is 25.8. The number of hydrogen-bond donors (Lipinski definition) is 1. The molecule has 0 aliphatic carbocycles.